The molecule has 9 heteroatoms. The topological polar surface area (TPSA) is 110 Å². The molecule has 0 saturated carbocycles. The Balaban J connectivity index is 1.62. The van der Waals surface area contributed by atoms with Crippen LogP contribution in [0, 0.1) is 0 Å². The van der Waals surface area contributed by atoms with Crippen molar-refractivity contribution in [2.75, 3.05) is 6.61 Å². The molecular formula is C14H16BrN3O5. The molecule has 8 nitrogen and oxygen atoms in total. The molecule has 1 aromatic carbocycles. The van der Waals surface area contributed by atoms with Gasteiger partial charge in [0.1, 0.15) is 36.4 Å². The van der Waals surface area contributed by atoms with Gasteiger partial charge in [0.15, 0.2) is 6.23 Å². The van der Waals surface area contributed by atoms with Gasteiger partial charge in [0, 0.05) is 4.47 Å². The van der Waals surface area contributed by atoms with E-state index >= 15 is 0 Å². The maximum absolute atomic E-state index is 9.95. The number of benzene rings is 1. The predicted molar refractivity (Wildman–Crippen MR) is 81.5 cm³/mol. The summed E-state index contributed by atoms with van der Waals surface area (Å²) in [5.41, 5.74) is 0.546. The van der Waals surface area contributed by atoms with Gasteiger partial charge in [-0.3, -0.25) is 0 Å². The van der Waals surface area contributed by atoms with E-state index in [2.05, 4.69) is 26.2 Å². The molecule has 3 N–H and O–H groups in total. The minimum Gasteiger partial charge on any atom is -0.487 e. The lowest BCUT2D eigenvalue weighted by Crippen LogP contribution is -2.50. The Morgan fingerprint density at radius 1 is 1.22 bits per heavy atom. The SMILES string of the molecule is OC1COC(n2cc(COc3ccc(Br)cc3)nn2)C(O)C1O. The molecule has 1 saturated heterocycles. The normalized spacial score (nSPS) is 27.8. The van der Waals surface area contributed by atoms with E-state index in [1.54, 1.807) is 6.20 Å². The Bertz CT molecular complexity index is 650. The molecular weight excluding hydrogens is 370 g/mol. The second-order valence-corrected chi connectivity index (χ2v) is 6.12. The summed E-state index contributed by atoms with van der Waals surface area (Å²) in [5.74, 6) is 0.690. The lowest BCUT2D eigenvalue weighted by Gasteiger charge is -2.34. The summed E-state index contributed by atoms with van der Waals surface area (Å²) in [6.07, 6.45) is -3.04. The van der Waals surface area contributed by atoms with Crippen molar-refractivity contribution in [3.63, 3.8) is 0 Å². The maximum atomic E-state index is 9.95. The minimum atomic E-state index is -1.29. The first-order valence-electron chi connectivity index (χ1n) is 6.99. The minimum absolute atomic E-state index is 0.0898. The largest absolute Gasteiger partial charge is 0.487 e. The third-order valence-electron chi connectivity index (χ3n) is 3.49. The van der Waals surface area contributed by atoms with Gasteiger partial charge in [0.05, 0.1) is 12.8 Å². The molecule has 2 aromatic rings. The summed E-state index contributed by atoms with van der Waals surface area (Å²) in [4.78, 5) is 0. The summed E-state index contributed by atoms with van der Waals surface area (Å²) in [6.45, 7) is 0.114. The second kappa shape index (κ2) is 6.93. The van der Waals surface area contributed by atoms with Gasteiger partial charge in [-0.05, 0) is 24.3 Å². The van der Waals surface area contributed by atoms with Gasteiger partial charge in [0.2, 0.25) is 0 Å². The Morgan fingerprint density at radius 2 is 1.96 bits per heavy atom. The average molecular weight is 386 g/mol. The summed E-state index contributed by atoms with van der Waals surface area (Å²) in [5, 5.41) is 36.9. The van der Waals surface area contributed by atoms with Gasteiger partial charge in [-0.15, -0.1) is 5.10 Å². The van der Waals surface area contributed by atoms with Crippen LogP contribution in [0.25, 0.3) is 0 Å². The van der Waals surface area contributed by atoms with Crippen molar-refractivity contribution in [1.29, 1.82) is 0 Å². The zero-order valence-electron chi connectivity index (χ0n) is 12.0. The van der Waals surface area contributed by atoms with Crippen LogP contribution in [-0.4, -0.2) is 55.2 Å². The first kappa shape index (κ1) is 16.3. The van der Waals surface area contributed by atoms with Gasteiger partial charge < -0.3 is 24.8 Å². The molecule has 2 heterocycles. The lowest BCUT2D eigenvalue weighted by molar-refractivity contribution is -0.214. The molecule has 0 amide bonds. The summed E-state index contributed by atoms with van der Waals surface area (Å²) in [6, 6.07) is 7.37. The van der Waals surface area contributed by atoms with Crippen molar-refractivity contribution in [1.82, 2.24) is 15.0 Å². The van der Waals surface area contributed by atoms with E-state index in [0.29, 0.717) is 11.4 Å². The molecule has 0 aliphatic carbocycles. The van der Waals surface area contributed by atoms with Crippen LogP contribution in [0.5, 0.6) is 5.75 Å². The van der Waals surface area contributed by atoms with Crippen LogP contribution < -0.4 is 4.74 Å². The van der Waals surface area contributed by atoms with Crippen LogP contribution in [0.1, 0.15) is 11.9 Å². The van der Waals surface area contributed by atoms with Gasteiger partial charge in [-0.1, -0.05) is 21.1 Å². The highest BCUT2D eigenvalue weighted by molar-refractivity contribution is 9.10. The molecule has 0 bridgehead atoms. The number of aromatic nitrogens is 3. The van der Waals surface area contributed by atoms with Crippen molar-refractivity contribution in [3.8, 4) is 5.75 Å². The van der Waals surface area contributed by atoms with Crippen molar-refractivity contribution >= 4 is 15.9 Å². The van der Waals surface area contributed by atoms with E-state index in [1.165, 1.54) is 4.68 Å². The fourth-order valence-corrected chi connectivity index (χ4v) is 2.48. The fourth-order valence-electron chi connectivity index (χ4n) is 2.22. The molecule has 0 spiro atoms. The van der Waals surface area contributed by atoms with Gasteiger partial charge in [-0.2, -0.15) is 0 Å². The number of hydrogen-bond donors (Lipinski definition) is 3. The van der Waals surface area contributed by atoms with E-state index in [0.717, 1.165) is 4.47 Å². The molecule has 23 heavy (non-hydrogen) atoms. The van der Waals surface area contributed by atoms with Crippen molar-refractivity contribution in [2.24, 2.45) is 0 Å². The van der Waals surface area contributed by atoms with Gasteiger partial charge in [-0.25, -0.2) is 4.68 Å². The summed E-state index contributed by atoms with van der Waals surface area (Å²) in [7, 11) is 0. The molecule has 124 valence electrons. The standard InChI is InChI=1S/C14H16BrN3O5/c15-8-1-3-10(4-2-8)22-6-9-5-18(17-16-9)14-13(21)12(20)11(19)7-23-14/h1-5,11-14,19-21H,6-7H2. The Morgan fingerprint density at radius 3 is 2.70 bits per heavy atom. The monoisotopic (exact) mass is 385 g/mol. The zero-order chi connectivity index (χ0) is 16.4. The molecule has 1 aromatic heterocycles. The Hall–Kier alpha value is -1.52. The van der Waals surface area contributed by atoms with Gasteiger partial charge >= 0.3 is 0 Å². The van der Waals surface area contributed by atoms with Crippen LogP contribution in [0.4, 0.5) is 0 Å². The van der Waals surface area contributed by atoms with Crippen LogP contribution in [0.15, 0.2) is 34.9 Å². The predicted octanol–water partition coefficient (Wildman–Crippen LogP) is 0.231. The first-order chi connectivity index (χ1) is 11.0. The molecule has 3 rings (SSSR count). The maximum Gasteiger partial charge on any atom is 0.180 e. The van der Waals surface area contributed by atoms with E-state index in [9.17, 15) is 15.3 Å². The lowest BCUT2D eigenvalue weighted by atomic mass is 10.0. The molecule has 1 fully saturated rings. The van der Waals surface area contributed by atoms with Crippen molar-refractivity contribution in [2.45, 2.75) is 31.1 Å². The van der Waals surface area contributed by atoms with Crippen LogP contribution >= 0.6 is 15.9 Å². The number of hydrogen-bond acceptors (Lipinski definition) is 7. The number of aliphatic hydroxyl groups is 3. The molecule has 0 radical (unpaired) electrons. The number of ether oxygens (including phenoxy) is 2. The van der Waals surface area contributed by atoms with Gasteiger partial charge in [0.25, 0.3) is 0 Å². The van der Waals surface area contributed by atoms with E-state index in [4.69, 9.17) is 9.47 Å². The number of aliphatic hydroxyl groups excluding tert-OH is 3. The van der Waals surface area contributed by atoms with Crippen molar-refractivity contribution < 1.29 is 24.8 Å². The number of nitrogens with zero attached hydrogens (tertiary/aromatic N) is 3. The zero-order valence-corrected chi connectivity index (χ0v) is 13.6. The molecule has 4 atom stereocenters. The Labute approximate surface area is 140 Å². The second-order valence-electron chi connectivity index (χ2n) is 5.20. The Kier molecular flexibility index (Phi) is 4.93. The highest BCUT2D eigenvalue weighted by Crippen LogP contribution is 2.23. The van der Waals surface area contributed by atoms with Crippen LogP contribution in [-0.2, 0) is 11.3 Å². The van der Waals surface area contributed by atoms with E-state index in [-0.39, 0.29) is 13.2 Å². The molecule has 4 unspecified atom stereocenters. The quantitative estimate of drug-likeness (QED) is 0.690. The smallest absolute Gasteiger partial charge is 0.180 e. The molecule has 1 aliphatic rings. The third-order valence-corrected chi connectivity index (χ3v) is 4.02. The first-order valence-corrected chi connectivity index (χ1v) is 7.79. The third kappa shape index (κ3) is 3.70. The number of rotatable bonds is 4. The fraction of sp³-hybridized carbons (Fsp3) is 0.429. The summed E-state index contributed by atoms with van der Waals surface area (Å²) >= 11 is 3.35. The summed E-state index contributed by atoms with van der Waals surface area (Å²) < 4.78 is 13.1. The van der Waals surface area contributed by atoms with Crippen molar-refractivity contribution in [3.05, 3.63) is 40.6 Å². The van der Waals surface area contributed by atoms with E-state index < -0.39 is 24.5 Å². The average Bonchev–Trinajstić information content (AvgIpc) is 3.01. The highest BCUT2D eigenvalue weighted by Gasteiger charge is 2.39. The molecule has 1 aliphatic heterocycles. The highest BCUT2D eigenvalue weighted by atomic mass is 79.9. The number of halogens is 1. The van der Waals surface area contributed by atoms with E-state index in [1.807, 2.05) is 24.3 Å². The van der Waals surface area contributed by atoms with Crippen LogP contribution in [0.2, 0.25) is 0 Å². The van der Waals surface area contributed by atoms with Crippen LogP contribution in [0.3, 0.4) is 0 Å².